The molecule has 19 heavy (non-hydrogen) atoms. The Bertz CT molecular complexity index is 460. The predicted molar refractivity (Wildman–Crippen MR) is 73.7 cm³/mol. The highest BCUT2D eigenvalue weighted by Crippen LogP contribution is 2.26. The van der Waals surface area contributed by atoms with Gasteiger partial charge in [-0.05, 0) is 31.2 Å². The molecule has 1 unspecified atom stereocenters. The molecule has 2 saturated heterocycles. The number of piperazine rings is 1. The van der Waals surface area contributed by atoms with Crippen LogP contribution in [0.5, 0.6) is 5.75 Å². The van der Waals surface area contributed by atoms with Crippen LogP contribution in [0.2, 0.25) is 0 Å². The van der Waals surface area contributed by atoms with Crippen LogP contribution in [0, 0.1) is 0 Å². The molecule has 2 aliphatic rings. The number of nitrogens with zero attached hydrogens (tertiary/aromatic N) is 2. The van der Waals surface area contributed by atoms with E-state index in [-0.39, 0.29) is 6.03 Å². The summed E-state index contributed by atoms with van der Waals surface area (Å²) in [5, 5.41) is 3.33. The van der Waals surface area contributed by atoms with Crippen molar-refractivity contribution in [3.8, 4) is 5.75 Å². The average Bonchev–Trinajstić information content (AvgIpc) is 2.78. The van der Waals surface area contributed by atoms with Gasteiger partial charge in [0, 0.05) is 31.9 Å². The molecule has 2 aliphatic heterocycles. The number of amides is 2. The van der Waals surface area contributed by atoms with Crippen molar-refractivity contribution >= 4 is 11.7 Å². The van der Waals surface area contributed by atoms with E-state index in [2.05, 4.69) is 5.32 Å². The fourth-order valence-electron chi connectivity index (χ4n) is 2.72. The fraction of sp³-hybridized carbons (Fsp3) is 0.500. The Balaban J connectivity index is 1.76. The standard InChI is InChI=1S/C14H19N3O2/c1-2-19-13-5-3-11(4-6-13)17-10-12-9-15-7-8-16(12)14(17)18/h3-6,12,15H,2,7-10H2,1H3. The maximum Gasteiger partial charge on any atom is 0.324 e. The molecule has 0 spiro atoms. The minimum absolute atomic E-state index is 0.121. The summed E-state index contributed by atoms with van der Waals surface area (Å²) in [4.78, 5) is 16.2. The number of ether oxygens (including phenoxy) is 1. The number of nitrogens with one attached hydrogen (secondary N) is 1. The first kappa shape index (κ1) is 12.3. The van der Waals surface area contributed by atoms with Crippen molar-refractivity contribution in [2.24, 2.45) is 0 Å². The molecule has 2 amide bonds. The normalized spacial score (nSPS) is 22.6. The molecule has 102 valence electrons. The van der Waals surface area contributed by atoms with Crippen molar-refractivity contribution in [3.63, 3.8) is 0 Å². The van der Waals surface area contributed by atoms with Gasteiger partial charge in [0.2, 0.25) is 0 Å². The lowest BCUT2D eigenvalue weighted by Crippen LogP contribution is -2.49. The monoisotopic (exact) mass is 261 g/mol. The zero-order valence-electron chi connectivity index (χ0n) is 11.1. The summed E-state index contributed by atoms with van der Waals surface area (Å²) in [5.41, 5.74) is 0.947. The second kappa shape index (κ2) is 5.09. The Hall–Kier alpha value is -1.75. The molecule has 0 aromatic heterocycles. The van der Waals surface area contributed by atoms with E-state index in [0.29, 0.717) is 12.6 Å². The quantitative estimate of drug-likeness (QED) is 0.892. The molecule has 0 radical (unpaired) electrons. The van der Waals surface area contributed by atoms with Crippen molar-refractivity contribution in [1.29, 1.82) is 0 Å². The maximum atomic E-state index is 12.3. The lowest BCUT2D eigenvalue weighted by molar-refractivity contribution is 0.193. The number of carbonyl (C=O) groups excluding carboxylic acids is 1. The first-order valence-corrected chi connectivity index (χ1v) is 6.81. The van der Waals surface area contributed by atoms with Crippen LogP contribution < -0.4 is 15.0 Å². The number of benzene rings is 1. The lowest BCUT2D eigenvalue weighted by Gasteiger charge is -2.28. The van der Waals surface area contributed by atoms with Gasteiger partial charge in [-0.1, -0.05) is 0 Å². The summed E-state index contributed by atoms with van der Waals surface area (Å²) in [6, 6.07) is 8.16. The van der Waals surface area contributed by atoms with Gasteiger partial charge in [0.25, 0.3) is 0 Å². The molecule has 2 fully saturated rings. The van der Waals surface area contributed by atoms with Crippen LogP contribution in [0.1, 0.15) is 6.92 Å². The molecule has 1 aromatic carbocycles. The molecule has 0 bridgehead atoms. The molecule has 3 rings (SSSR count). The summed E-state index contributed by atoms with van der Waals surface area (Å²) in [7, 11) is 0. The molecule has 1 N–H and O–H groups in total. The zero-order valence-corrected chi connectivity index (χ0v) is 11.1. The van der Waals surface area contributed by atoms with Crippen LogP contribution in [0.15, 0.2) is 24.3 Å². The zero-order chi connectivity index (χ0) is 13.2. The van der Waals surface area contributed by atoms with E-state index in [0.717, 1.165) is 37.6 Å². The van der Waals surface area contributed by atoms with Crippen molar-refractivity contribution in [1.82, 2.24) is 10.2 Å². The number of hydrogen-bond donors (Lipinski definition) is 1. The van der Waals surface area contributed by atoms with Crippen molar-refractivity contribution in [3.05, 3.63) is 24.3 Å². The lowest BCUT2D eigenvalue weighted by atomic mass is 10.2. The van der Waals surface area contributed by atoms with E-state index in [1.165, 1.54) is 0 Å². The van der Waals surface area contributed by atoms with Gasteiger partial charge >= 0.3 is 6.03 Å². The Kier molecular flexibility index (Phi) is 3.29. The van der Waals surface area contributed by atoms with E-state index in [1.807, 2.05) is 41.0 Å². The number of carbonyl (C=O) groups is 1. The Morgan fingerprint density at radius 2 is 2.16 bits per heavy atom. The van der Waals surface area contributed by atoms with Gasteiger partial charge in [-0.2, -0.15) is 0 Å². The van der Waals surface area contributed by atoms with Crippen LogP contribution in [0.25, 0.3) is 0 Å². The molecule has 0 saturated carbocycles. The molecule has 5 nitrogen and oxygen atoms in total. The Labute approximate surface area is 113 Å². The van der Waals surface area contributed by atoms with Crippen LogP contribution in [0.3, 0.4) is 0 Å². The fourth-order valence-corrected chi connectivity index (χ4v) is 2.72. The van der Waals surface area contributed by atoms with E-state index < -0.39 is 0 Å². The van der Waals surface area contributed by atoms with Gasteiger partial charge in [0.15, 0.2) is 0 Å². The van der Waals surface area contributed by atoms with E-state index in [9.17, 15) is 4.79 Å². The smallest absolute Gasteiger partial charge is 0.324 e. The molecule has 2 heterocycles. The largest absolute Gasteiger partial charge is 0.494 e. The molecular formula is C14H19N3O2. The molecule has 1 aromatic rings. The third kappa shape index (κ3) is 2.26. The van der Waals surface area contributed by atoms with Crippen molar-refractivity contribution in [2.45, 2.75) is 13.0 Å². The van der Waals surface area contributed by atoms with E-state index in [1.54, 1.807) is 0 Å². The van der Waals surface area contributed by atoms with Crippen LogP contribution in [0.4, 0.5) is 10.5 Å². The third-order valence-electron chi connectivity index (χ3n) is 3.68. The van der Waals surface area contributed by atoms with Gasteiger partial charge < -0.3 is 15.0 Å². The topological polar surface area (TPSA) is 44.8 Å². The predicted octanol–water partition coefficient (Wildman–Crippen LogP) is 1.30. The molecular weight excluding hydrogens is 242 g/mol. The Morgan fingerprint density at radius 1 is 1.37 bits per heavy atom. The highest BCUT2D eigenvalue weighted by Gasteiger charge is 2.38. The average molecular weight is 261 g/mol. The number of hydrogen-bond acceptors (Lipinski definition) is 3. The minimum Gasteiger partial charge on any atom is -0.494 e. The third-order valence-corrected chi connectivity index (χ3v) is 3.68. The first-order valence-electron chi connectivity index (χ1n) is 6.81. The molecule has 1 atom stereocenters. The van der Waals surface area contributed by atoms with Crippen molar-refractivity contribution in [2.75, 3.05) is 37.7 Å². The van der Waals surface area contributed by atoms with Gasteiger partial charge in [0.05, 0.1) is 12.6 Å². The van der Waals surface area contributed by atoms with E-state index in [4.69, 9.17) is 4.74 Å². The highest BCUT2D eigenvalue weighted by atomic mass is 16.5. The SMILES string of the molecule is CCOc1ccc(N2CC3CNCCN3C2=O)cc1. The summed E-state index contributed by atoms with van der Waals surface area (Å²) < 4.78 is 5.42. The molecule has 5 heteroatoms. The summed E-state index contributed by atoms with van der Waals surface area (Å²) in [6.45, 7) is 5.96. The second-order valence-electron chi connectivity index (χ2n) is 4.87. The number of anilines is 1. The summed E-state index contributed by atoms with van der Waals surface area (Å²) in [6.07, 6.45) is 0. The number of fused-ring (bicyclic) bond motifs is 1. The summed E-state index contributed by atoms with van der Waals surface area (Å²) >= 11 is 0. The maximum absolute atomic E-state index is 12.3. The van der Waals surface area contributed by atoms with Gasteiger partial charge in [-0.15, -0.1) is 0 Å². The second-order valence-corrected chi connectivity index (χ2v) is 4.87. The van der Waals surface area contributed by atoms with Gasteiger partial charge in [0.1, 0.15) is 5.75 Å². The summed E-state index contributed by atoms with van der Waals surface area (Å²) in [5.74, 6) is 0.845. The number of rotatable bonds is 3. The van der Waals surface area contributed by atoms with Gasteiger partial charge in [-0.25, -0.2) is 4.79 Å². The minimum atomic E-state index is 0.121. The van der Waals surface area contributed by atoms with Crippen LogP contribution >= 0.6 is 0 Å². The Morgan fingerprint density at radius 3 is 2.84 bits per heavy atom. The highest BCUT2D eigenvalue weighted by molar-refractivity contribution is 5.94. The van der Waals surface area contributed by atoms with Crippen LogP contribution in [-0.4, -0.2) is 49.8 Å². The number of urea groups is 1. The van der Waals surface area contributed by atoms with Gasteiger partial charge in [-0.3, -0.25) is 4.90 Å². The van der Waals surface area contributed by atoms with Crippen LogP contribution in [-0.2, 0) is 0 Å². The first-order chi connectivity index (χ1) is 9.29. The van der Waals surface area contributed by atoms with Crippen molar-refractivity contribution < 1.29 is 9.53 Å². The van der Waals surface area contributed by atoms with E-state index >= 15 is 0 Å². The molecule has 0 aliphatic carbocycles.